The molecular formula is C35H28BF4MoN-. The van der Waals surface area contributed by atoms with Crippen molar-refractivity contribution in [2.75, 3.05) is 0 Å². The van der Waals surface area contributed by atoms with Gasteiger partial charge in [-0.25, -0.2) is 0 Å². The van der Waals surface area contributed by atoms with Gasteiger partial charge in [0, 0.05) is 28.0 Å². The van der Waals surface area contributed by atoms with E-state index in [1.165, 1.54) is 6.92 Å². The maximum absolute atomic E-state index is 9.75. The van der Waals surface area contributed by atoms with Crippen LogP contribution < -0.4 is 0 Å². The second-order valence-corrected chi connectivity index (χ2v) is 7.64. The van der Waals surface area contributed by atoms with Crippen LogP contribution in [0.1, 0.15) is 29.2 Å². The Morgan fingerprint density at radius 1 is 0.429 bits per heavy atom. The standard InChI is InChI=1S/2C14H10.C5H5.C2H3N.BF4.Mo/c2*1-3-7-13(8-4-1)11-12-14-9-5-2-6-10-14;1-2-4-5-3-1;1-2-3;2-1(3,4)5;/h2*1-10H;1-5H;1H3;;/q;;;;-1;. The molecule has 5 rings (SSSR count). The average molecular weight is 645 g/mol. The maximum atomic E-state index is 9.75. The third kappa shape index (κ3) is 24.1. The molecule has 1 aliphatic rings. The van der Waals surface area contributed by atoms with Crippen LogP contribution in [0.25, 0.3) is 0 Å². The molecule has 7 heteroatoms. The molecule has 0 amide bonds. The van der Waals surface area contributed by atoms with Crippen molar-refractivity contribution in [3.05, 3.63) is 200 Å². The van der Waals surface area contributed by atoms with Gasteiger partial charge in [0.05, 0.1) is 6.07 Å². The summed E-state index contributed by atoms with van der Waals surface area (Å²) in [4.78, 5) is 0. The second kappa shape index (κ2) is 25.1. The summed E-state index contributed by atoms with van der Waals surface area (Å²) in [6, 6.07) is 41.8. The molecule has 0 spiro atoms. The van der Waals surface area contributed by atoms with Crippen LogP contribution in [0.4, 0.5) is 17.3 Å². The fraction of sp³-hybridized carbons (Fsp3) is 0.0286. The zero-order valence-corrected chi connectivity index (χ0v) is 24.9. The number of rotatable bonds is 4. The van der Waals surface area contributed by atoms with E-state index in [0.29, 0.717) is 0 Å². The Kier molecular flexibility index (Phi) is 22.9. The van der Waals surface area contributed by atoms with Gasteiger partial charge >= 0.3 is 7.25 Å². The van der Waals surface area contributed by atoms with E-state index in [4.69, 9.17) is 5.26 Å². The molecule has 1 fully saturated rings. The van der Waals surface area contributed by atoms with E-state index in [1.54, 1.807) is 6.07 Å². The van der Waals surface area contributed by atoms with Crippen LogP contribution in [0.5, 0.6) is 0 Å². The smallest absolute Gasteiger partial charge is 0.418 e. The molecule has 0 aliphatic heterocycles. The first kappa shape index (κ1) is 38.3. The largest absolute Gasteiger partial charge is 0.673 e. The van der Waals surface area contributed by atoms with Gasteiger partial charge in [0.25, 0.3) is 0 Å². The van der Waals surface area contributed by atoms with Crippen molar-refractivity contribution in [1.29, 1.82) is 5.26 Å². The van der Waals surface area contributed by atoms with Gasteiger partial charge in [0.2, 0.25) is 0 Å². The molecule has 0 N–H and O–H groups in total. The summed E-state index contributed by atoms with van der Waals surface area (Å²) in [5.74, 6) is 0. The van der Waals surface area contributed by atoms with Gasteiger partial charge in [-0.15, -0.1) is 0 Å². The first-order valence-corrected chi connectivity index (χ1v) is 12.4. The molecule has 0 heterocycles. The van der Waals surface area contributed by atoms with Crippen molar-refractivity contribution in [1.82, 2.24) is 0 Å². The molecule has 4 aromatic rings. The van der Waals surface area contributed by atoms with Crippen molar-refractivity contribution in [3.63, 3.8) is 0 Å². The summed E-state index contributed by atoms with van der Waals surface area (Å²) in [6.45, 7) is 1.43. The predicted molar refractivity (Wildman–Crippen MR) is 158 cm³/mol. The van der Waals surface area contributed by atoms with E-state index in [9.17, 15) is 17.3 Å². The molecule has 211 valence electrons. The summed E-state index contributed by atoms with van der Waals surface area (Å²) in [5.41, 5.74) is 4.21. The minimum Gasteiger partial charge on any atom is -0.418 e. The third-order valence-corrected chi connectivity index (χ3v) is 4.35. The normalized spacial score (nSPS) is 11.5. The van der Waals surface area contributed by atoms with Crippen LogP contribution in [0.15, 0.2) is 121 Å². The number of nitrogens with zero attached hydrogens (tertiary/aromatic N) is 1. The van der Waals surface area contributed by atoms with Crippen molar-refractivity contribution >= 4 is 7.25 Å². The number of halogens is 4. The van der Waals surface area contributed by atoms with Gasteiger partial charge in [-0.3, -0.25) is 0 Å². The summed E-state index contributed by atoms with van der Waals surface area (Å²) < 4.78 is 39.0. The maximum Gasteiger partial charge on any atom is 0.673 e. The molecule has 0 atom stereocenters. The summed E-state index contributed by atoms with van der Waals surface area (Å²) >= 11 is 0. The first-order valence-electron chi connectivity index (χ1n) is 12.4. The molecule has 0 saturated heterocycles. The Balaban J connectivity index is 0.000000560. The number of benzene rings is 4. The van der Waals surface area contributed by atoms with Gasteiger partial charge in [-0.2, -0.15) is 5.26 Å². The van der Waals surface area contributed by atoms with E-state index in [1.807, 2.05) is 153 Å². The van der Waals surface area contributed by atoms with Crippen molar-refractivity contribution < 1.29 is 38.3 Å². The zero-order chi connectivity index (χ0) is 30.0. The molecule has 42 heavy (non-hydrogen) atoms. The molecule has 1 saturated carbocycles. The van der Waals surface area contributed by atoms with E-state index in [2.05, 4.69) is 24.3 Å². The average Bonchev–Trinajstić information content (AvgIpc) is 3.58. The van der Waals surface area contributed by atoms with Crippen molar-refractivity contribution in [2.24, 2.45) is 0 Å². The fourth-order valence-corrected chi connectivity index (χ4v) is 2.70. The topological polar surface area (TPSA) is 23.8 Å². The first-order chi connectivity index (χ1) is 19.8. The van der Waals surface area contributed by atoms with Gasteiger partial charge < -0.3 is 17.3 Å². The summed E-state index contributed by atoms with van der Waals surface area (Å²) in [5, 5.41) is 7.32. The van der Waals surface area contributed by atoms with E-state index in [0.717, 1.165) is 22.3 Å². The Morgan fingerprint density at radius 2 is 0.571 bits per heavy atom. The Hall–Kier alpha value is -3.68. The Morgan fingerprint density at radius 3 is 0.714 bits per heavy atom. The van der Waals surface area contributed by atoms with Gasteiger partial charge in [0.1, 0.15) is 0 Å². The predicted octanol–water partition coefficient (Wildman–Crippen LogP) is 9.34. The summed E-state index contributed by atoms with van der Waals surface area (Å²) in [6.07, 6.45) is 22.4. The monoisotopic (exact) mass is 647 g/mol. The van der Waals surface area contributed by atoms with Crippen LogP contribution >= 0.6 is 0 Å². The molecule has 0 bridgehead atoms. The zero-order valence-electron chi connectivity index (χ0n) is 22.9. The fourth-order valence-electron chi connectivity index (χ4n) is 2.70. The number of hydrogen-bond acceptors (Lipinski definition) is 1. The SMILES string of the molecule is CC#N.F[B-](F)(F)F.[CH]1[CH][CH][CH][CH]1.[C](=[C]c1ccccc1)c1ccccc1.[C](=[C]c1ccccc1)c1ccccc1.[Mo]. The molecule has 0 aromatic heterocycles. The number of hydrogen-bond donors (Lipinski definition) is 0. The molecule has 1 aliphatic carbocycles. The van der Waals surface area contributed by atoms with Crippen LogP contribution in [0.2, 0.25) is 0 Å². The van der Waals surface area contributed by atoms with Crippen LogP contribution in [-0.4, -0.2) is 7.25 Å². The van der Waals surface area contributed by atoms with Crippen molar-refractivity contribution in [3.8, 4) is 6.07 Å². The van der Waals surface area contributed by atoms with Crippen LogP contribution in [0, 0.1) is 67.7 Å². The van der Waals surface area contributed by atoms with E-state index < -0.39 is 7.25 Å². The van der Waals surface area contributed by atoms with Crippen LogP contribution in [0.3, 0.4) is 0 Å². The molecular weight excluding hydrogens is 617 g/mol. The third-order valence-electron chi connectivity index (χ3n) is 4.35. The molecule has 9 radical (unpaired) electrons. The van der Waals surface area contributed by atoms with Gasteiger partial charge in [-0.1, -0.05) is 121 Å². The number of nitriles is 1. The summed E-state index contributed by atoms with van der Waals surface area (Å²) in [7, 11) is -6.00. The minimum absolute atomic E-state index is 0. The molecule has 0 unspecified atom stereocenters. The molecule has 4 aromatic carbocycles. The molecule has 1 nitrogen and oxygen atoms in total. The van der Waals surface area contributed by atoms with E-state index in [-0.39, 0.29) is 21.1 Å². The second-order valence-electron chi connectivity index (χ2n) is 7.64. The van der Waals surface area contributed by atoms with Gasteiger partial charge in [0.15, 0.2) is 0 Å². The minimum atomic E-state index is -6.00. The van der Waals surface area contributed by atoms with Crippen molar-refractivity contribution in [2.45, 2.75) is 6.92 Å². The van der Waals surface area contributed by atoms with Crippen LogP contribution in [-0.2, 0) is 21.1 Å². The quantitative estimate of drug-likeness (QED) is 0.123. The van der Waals surface area contributed by atoms with Gasteiger partial charge in [-0.05, 0) is 78.7 Å². The van der Waals surface area contributed by atoms with E-state index >= 15 is 0 Å². The Bertz CT molecular complexity index is 1070. The Labute approximate surface area is 263 Å².